The van der Waals surface area contributed by atoms with Crippen LogP contribution < -0.4 is 0 Å². The Bertz CT molecular complexity index is 822. The lowest BCUT2D eigenvalue weighted by Gasteiger charge is -2.51. The van der Waals surface area contributed by atoms with Crippen molar-refractivity contribution in [2.45, 2.75) is 63.4 Å². The number of hydrogen-bond acceptors (Lipinski definition) is 5. The van der Waals surface area contributed by atoms with Gasteiger partial charge in [-0.1, -0.05) is 20.8 Å². The second-order valence-electron chi connectivity index (χ2n) is 9.01. The van der Waals surface area contributed by atoms with Crippen molar-refractivity contribution in [2.24, 2.45) is 17.3 Å². The first-order valence-electron chi connectivity index (χ1n) is 9.38. The van der Waals surface area contributed by atoms with E-state index in [2.05, 4.69) is 20.8 Å². The number of rotatable bonds is 1. The van der Waals surface area contributed by atoms with Crippen LogP contribution in [0.4, 0.5) is 0 Å². The van der Waals surface area contributed by atoms with E-state index in [-0.39, 0.29) is 41.2 Å². The summed E-state index contributed by atoms with van der Waals surface area (Å²) in [5.74, 6) is 0.369. The molecule has 5 nitrogen and oxygen atoms in total. The number of ketones is 1. The van der Waals surface area contributed by atoms with Crippen LogP contribution in [0.5, 0.6) is 0 Å². The Balaban J connectivity index is 1.51. The molecule has 0 radical (unpaired) electrons. The summed E-state index contributed by atoms with van der Waals surface area (Å²) in [5, 5.41) is 0. The van der Waals surface area contributed by atoms with E-state index in [9.17, 15) is 9.59 Å². The van der Waals surface area contributed by atoms with Crippen molar-refractivity contribution in [3.05, 3.63) is 22.8 Å². The molecule has 132 valence electrons. The first kappa shape index (κ1) is 14.7. The SMILES string of the molecule is CC(C)C1=C[C@@H]2O[C@@]23[C@@]2(C)CCC4=C(COC4=O)[C@@H]2C[C@@H]2O[C@@]23C1=O. The van der Waals surface area contributed by atoms with Crippen LogP contribution in [0.1, 0.15) is 40.0 Å². The summed E-state index contributed by atoms with van der Waals surface area (Å²) >= 11 is 0. The highest BCUT2D eigenvalue weighted by Gasteiger charge is 2.92. The van der Waals surface area contributed by atoms with Gasteiger partial charge in [-0.2, -0.15) is 0 Å². The molecule has 3 aliphatic carbocycles. The zero-order valence-electron chi connectivity index (χ0n) is 14.8. The number of ether oxygens (including phenoxy) is 3. The fraction of sp³-hybridized carbons (Fsp3) is 0.700. The van der Waals surface area contributed by atoms with Gasteiger partial charge in [0.1, 0.15) is 18.3 Å². The molecular formula is C20H22O5. The highest BCUT2D eigenvalue weighted by molar-refractivity contribution is 6.08. The number of Topliss-reactive ketones (excluding diaryl/α,β-unsaturated/α-hetero) is 1. The van der Waals surface area contributed by atoms with Gasteiger partial charge < -0.3 is 14.2 Å². The number of epoxide rings is 2. The molecule has 6 atom stereocenters. The van der Waals surface area contributed by atoms with Crippen LogP contribution in [0.2, 0.25) is 0 Å². The average Bonchev–Trinajstić information content (AvgIpc) is 3.44. The second-order valence-corrected chi connectivity index (χ2v) is 9.01. The lowest BCUT2D eigenvalue weighted by Crippen LogP contribution is -2.63. The highest BCUT2D eigenvalue weighted by Crippen LogP contribution is 2.77. The number of fused-ring (bicyclic) bond motifs is 2. The molecule has 3 aliphatic heterocycles. The minimum atomic E-state index is -0.779. The molecule has 5 heteroatoms. The van der Waals surface area contributed by atoms with E-state index >= 15 is 0 Å². The van der Waals surface area contributed by atoms with Crippen LogP contribution in [0.15, 0.2) is 22.8 Å². The van der Waals surface area contributed by atoms with Crippen LogP contribution in [0, 0.1) is 17.3 Å². The van der Waals surface area contributed by atoms with Gasteiger partial charge in [0.05, 0.1) is 6.10 Å². The Kier molecular flexibility index (Phi) is 2.31. The lowest BCUT2D eigenvalue weighted by atomic mass is 9.48. The van der Waals surface area contributed by atoms with Crippen molar-refractivity contribution in [1.82, 2.24) is 0 Å². The number of cyclic esters (lactones) is 1. The van der Waals surface area contributed by atoms with E-state index in [0.29, 0.717) is 13.0 Å². The maximum atomic E-state index is 13.3. The normalized spacial score (nSPS) is 51.8. The van der Waals surface area contributed by atoms with Gasteiger partial charge in [-0.25, -0.2) is 4.79 Å². The molecule has 6 rings (SSSR count). The molecule has 3 fully saturated rings. The molecule has 0 N–H and O–H groups in total. The number of hydrogen-bond donors (Lipinski definition) is 0. The van der Waals surface area contributed by atoms with Crippen LogP contribution in [-0.4, -0.2) is 41.8 Å². The highest BCUT2D eigenvalue weighted by atomic mass is 16.7. The molecular weight excluding hydrogens is 320 g/mol. The molecule has 6 aliphatic rings. The van der Waals surface area contributed by atoms with E-state index in [4.69, 9.17) is 14.2 Å². The van der Waals surface area contributed by atoms with Gasteiger partial charge in [0.15, 0.2) is 11.4 Å². The van der Waals surface area contributed by atoms with Crippen molar-refractivity contribution in [1.29, 1.82) is 0 Å². The van der Waals surface area contributed by atoms with Gasteiger partial charge >= 0.3 is 5.97 Å². The van der Waals surface area contributed by atoms with Gasteiger partial charge in [-0.15, -0.1) is 0 Å². The maximum Gasteiger partial charge on any atom is 0.334 e. The Labute approximate surface area is 146 Å². The molecule has 25 heavy (non-hydrogen) atoms. The van der Waals surface area contributed by atoms with Crippen LogP contribution >= 0.6 is 0 Å². The van der Waals surface area contributed by atoms with E-state index in [1.54, 1.807) is 0 Å². The largest absolute Gasteiger partial charge is 0.458 e. The molecule has 0 aromatic rings. The van der Waals surface area contributed by atoms with Gasteiger partial charge in [0.2, 0.25) is 0 Å². The van der Waals surface area contributed by atoms with E-state index in [0.717, 1.165) is 29.6 Å². The standard InChI is InChI=1S/C20H22O5/c1-9(2)11-6-15-20(25-15)18(3)5-4-10-12(8-23-17(10)22)13(18)7-14-19(20,24-14)16(11)21/h6,9,13-15H,4-5,7-8H2,1-3H3/t13-,14-,15-,18-,19+,20+/m0/s1. The first-order chi connectivity index (χ1) is 11.9. The summed E-state index contributed by atoms with van der Waals surface area (Å²) in [6.45, 7) is 6.75. The zero-order chi connectivity index (χ0) is 17.4. The summed E-state index contributed by atoms with van der Waals surface area (Å²) in [6.07, 6.45) is 4.27. The van der Waals surface area contributed by atoms with Crippen LogP contribution in [0.3, 0.4) is 0 Å². The van der Waals surface area contributed by atoms with Gasteiger partial charge in [-0.05, 0) is 48.3 Å². The molecule has 0 aromatic carbocycles. The van der Waals surface area contributed by atoms with Crippen molar-refractivity contribution >= 4 is 11.8 Å². The van der Waals surface area contributed by atoms with Crippen molar-refractivity contribution in [3.63, 3.8) is 0 Å². The van der Waals surface area contributed by atoms with Crippen LogP contribution in [0.25, 0.3) is 0 Å². The third kappa shape index (κ3) is 1.30. The summed E-state index contributed by atoms with van der Waals surface area (Å²) in [7, 11) is 0. The predicted octanol–water partition coefficient (Wildman–Crippen LogP) is 2.10. The molecule has 3 heterocycles. The van der Waals surface area contributed by atoms with E-state index in [1.165, 1.54) is 0 Å². The number of carbonyl (C=O) groups excluding carboxylic acids is 2. The molecule has 0 unspecified atom stereocenters. The maximum absolute atomic E-state index is 13.3. The molecule has 0 aromatic heterocycles. The third-order valence-corrected chi connectivity index (χ3v) is 7.86. The van der Waals surface area contributed by atoms with Crippen LogP contribution in [-0.2, 0) is 23.8 Å². The Morgan fingerprint density at radius 2 is 2.04 bits per heavy atom. The Hall–Kier alpha value is -1.46. The molecule has 2 saturated heterocycles. The smallest absolute Gasteiger partial charge is 0.334 e. The summed E-state index contributed by atoms with van der Waals surface area (Å²) in [6, 6.07) is 0. The Morgan fingerprint density at radius 3 is 2.80 bits per heavy atom. The lowest BCUT2D eigenvalue weighted by molar-refractivity contribution is -0.136. The topological polar surface area (TPSA) is 68.4 Å². The fourth-order valence-corrected chi connectivity index (χ4v) is 6.53. The van der Waals surface area contributed by atoms with Gasteiger partial charge in [0.25, 0.3) is 0 Å². The van der Waals surface area contributed by atoms with E-state index in [1.807, 2.05) is 6.08 Å². The van der Waals surface area contributed by atoms with Crippen molar-refractivity contribution in [3.8, 4) is 0 Å². The monoisotopic (exact) mass is 342 g/mol. The van der Waals surface area contributed by atoms with Crippen molar-refractivity contribution in [2.75, 3.05) is 6.61 Å². The minimum Gasteiger partial charge on any atom is -0.458 e. The van der Waals surface area contributed by atoms with E-state index < -0.39 is 11.2 Å². The molecule has 2 spiro atoms. The second kappa shape index (κ2) is 3.94. The number of carbonyl (C=O) groups is 2. The first-order valence-corrected chi connectivity index (χ1v) is 9.38. The van der Waals surface area contributed by atoms with Gasteiger partial charge in [-0.3, -0.25) is 4.79 Å². The summed E-state index contributed by atoms with van der Waals surface area (Å²) in [5.41, 5.74) is 1.35. The average molecular weight is 342 g/mol. The molecule has 0 bridgehead atoms. The summed E-state index contributed by atoms with van der Waals surface area (Å²) in [4.78, 5) is 25.3. The quantitative estimate of drug-likeness (QED) is 0.539. The summed E-state index contributed by atoms with van der Waals surface area (Å²) < 4.78 is 17.8. The Morgan fingerprint density at radius 1 is 1.24 bits per heavy atom. The third-order valence-electron chi connectivity index (χ3n) is 7.86. The fourth-order valence-electron chi connectivity index (χ4n) is 6.53. The molecule has 0 amide bonds. The molecule has 1 saturated carbocycles. The van der Waals surface area contributed by atoms with Gasteiger partial charge in [0, 0.05) is 11.0 Å². The zero-order valence-corrected chi connectivity index (χ0v) is 14.8. The van der Waals surface area contributed by atoms with Crippen molar-refractivity contribution < 1.29 is 23.8 Å². The minimum absolute atomic E-state index is 0.0411. The predicted molar refractivity (Wildman–Crippen MR) is 86.6 cm³/mol. The number of esters is 1.